The summed E-state index contributed by atoms with van der Waals surface area (Å²) in [6.45, 7) is 9.24. The second-order valence-corrected chi connectivity index (χ2v) is 10.1. The molecule has 0 spiro atoms. The number of benzene rings is 2. The lowest BCUT2D eigenvalue weighted by Crippen LogP contribution is -2.47. The molecule has 1 heterocycles. The molecule has 0 saturated carbocycles. The van der Waals surface area contributed by atoms with Crippen LogP contribution in [0.25, 0.3) is 0 Å². The molecular weight excluding hydrogens is 508 g/mol. The van der Waals surface area contributed by atoms with Crippen LogP contribution in [-0.2, 0) is 5.41 Å². The fourth-order valence-corrected chi connectivity index (χ4v) is 4.39. The van der Waals surface area contributed by atoms with Gasteiger partial charge in [0.15, 0.2) is 0 Å². The molecule has 2 aromatic carbocycles. The molecule has 3 rings (SSSR count). The number of ether oxygens (including phenoxy) is 2. The molecule has 8 heteroatoms. The Morgan fingerprint density at radius 1 is 1.00 bits per heavy atom. The minimum absolute atomic E-state index is 0.136. The Balaban J connectivity index is 1.57. The van der Waals surface area contributed by atoms with E-state index in [-0.39, 0.29) is 24.5 Å². The minimum Gasteiger partial charge on any atom is -0.491 e. The van der Waals surface area contributed by atoms with Crippen molar-refractivity contribution in [1.82, 2.24) is 10.2 Å². The van der Waals surface area contributed by atoms with E-state index in [1.807, 2.05) is 30.3 Å². The number of rotatable bonds is 11. The van der Waals surface area contributed by atoms with Crippen LogP contribution in [0, 0.1) is 0 Å². The number of alkyl halides is 1. The highest BCUT2D eigenvalue weighted by Crippen LogP contribution is 2.36. The smallest absolute Gasteiger partial charge is 0.133 e. The maximum Gasteiger partial charge on any atom is 0.133 e. The van der Waals surface area contributed by atoms with Gasteiger partial charge in [-0.2, -0.15) is 0 Å². The summed E-state index contributed by atoms with van der Waals surface area (Å²) in [4.78, 5) is 2.25. The first-order chi connectivity index (χ1) is 15.8. The molecule has 0 aliphatic carbocycles. The van der Waals surface area contributed by atoms with Gasteiger partial charge in [-0.05, 0) is 51.3 Å². The SMILES string of the molecule is CC(C)(c1ccc(OC[C@H](O)CN2CCNCC2)cc1)c1ccc(OC[C@@H](O)CCl)c(Br)c1. The van der Waals surface area contributed by atoms with Gasteiger partial charge in [-0.15, -0.1) is 11.6 Å². The predicted molar refractivity (Wildman–Crippen MR) is 136 cm³/mol. The Morgan fingerprint density at radius 2 is 1.64 bits per heavy atom. The van der Waals surface area contributed by atoms with E-state index in [4.69, 9.17) is 21.1 Å². The monoisotopic (exact) mass is 540 g/mol. The van der Waals surface area contributed by atoms with Gasteiger partial charge in [-0.1, -0.05) is 32.0 Å². The lowest BCUT2D eigenvalue weighted by Gasteiger charge is -2.29. The molecule has 1 aliphatic rings. The number of halogens is 2. The van der Waals surface area contributed by atoms with Crippen LogP contribution in [0.1, 0.15) is 25.0 Å². The summed E-state index contributed by atoms with van der Waals surface area (Å²) in [5.74, 6) is 1.55. The van der Waals surface area contributed by atoms with Gasteiger partial charge in [-0.25, -0.2) is 0 Å². The molecule has 1 saturated heterocycles. The van der Waals surface area contributed by atoms with E-state index < -0.39 is 12.2 Å². The highest BCUT2D eigenvalue weighted by atomic mass is 79.9. The lowest BCUT2D eigenvalue weighted by molar-refractivity contribution is 0.0641. The van der Waals surface area contributed by atoms with Crippen molar-refractivity contribution in [2.24, 2.45) is 0 Å². The number of nitrogens with zero attached hydrogens (tertiary/aromatic N) is 1. The standard InChI is InChI=1S/C25H34BrClN2O4/c1-25(2,19-5-8-24(23(26)13-19)33-16-20(30)14-27)18-3-6-22(7-4-18)32-17-21(31)15-29-11-9-28-10-12-29/h3-8,13,20-21,28,30-31H,9-12,14-17H2,1-2H3/t20-,21+/m0/s1. The zero-order valence-corrected chi connectivity index (χ0v) is 21.6. The molecule has 3 N–H and O–H groups in total. The van der Waals surface area contributed by atoms with Crippen molar-refractivity contribution in [1.29, 1.82) is 0 Å². The maximum absolute atomic E-state index is 10.3. The number of hydrogen-bond donors (Lipinski definition) is 3. The van der Waals surface area contributed by atoms with Gasteiger partial charge < -0.3 is 25.0 Å². The minimum atomic E-state index is -0.696. The molecular formula is C25H34BrClN2O4. The van der Waals surface area contributed by atoms with Gasteiger partial charge >= 0.3 is 0 Å². The van der Waals surface area contributed by atoms with Gasteiger partial charge in [-0.3, -0.25) is 4.90 Å². The molecule has 2 aromatic rings. The van der Waals surface area contributed by atoms with Crippen LogP contribution in [-0.4, -0.2) is 79.1 Å². The summed E-state index contributed by atoms with van der Waals surface area (Å²) in [6, 6.07) is 14.0. The highest BCUT2D eigenvalue weighted by molar-refractivity contribution is 9.10. The number of aliphatic hydroxyl groups excluding tert-OH is 2. The average Bonchev–Trinajstić information content (AvgIpc) is 2.82. The first-order valence-electron chi connectivity index (χ1n) is 11.3. The molecule has 1 aliphatic heterocycles. The van der Waals surface area contributed by atoms with Crippen LogP contribution in [0.2, 0.25) is 0 Å². The second-order valence-electron chi connectivity index (χ2n) is 8.93. The fraction of sp³-hybridized carbons (Fsp3) is 0.520. The van der Waals surface area contributed by atoms with Crippen molar-refractivity contribution in [2.75, 3.05) is 51.8 Å². The molecule has 2 atom stereocenters. The van der Waals surface area contributed by atoms with Gasteiger partial charge in [0.25, 0.3) is 0 Å². The molecule has 0 amide bonds. The van der Waals surface area contributed by atoms with Crippen LogP contribution in [0.4, 0.5) is 0 Å². The molecule has 1 fully saturated rings. The largest absolute Gasteiger partial charge is 0.491 e. The summed E-state index contributed by atoms with van der Waals surface area (Å²) >= 11 is 9.20. The van der Waals surface area contributed by atoms with Crippen LogP contribution in [0.15, 0.2) is 46.9 Å². The summed E-state index contributed by atoms with van der Waals surface area (Å²) in [6.07, 6.45) is -1.21. The van der Waals surface area contributed by atoms with Gasteiger partial charge in [0.2, 0.25) is 0 Å². The summed E-state index contributed by atoms with van der Waals surface area (Å²) in [7, 11) is 0. The first kappa shape index (κ1) is 26.3. The van der Waals surface area contributed by atoms with Gasteiger partial charge in [0.05, 0.1) is 10.4 Å². The van der Waals surface area contributed by atoms with E-state index >= 15 is 0 Å². The fourth-order valence-electron chi connectivity index (χ4n) is 3.81. The summed E-state index contributed by atoms with van der Waals surface area (Å²) in [5, 5.41) is 23.2. The van der Waals surface area contributed by atoms with Crippen molar-refractivity contribution in [3.8, 4) is 11.5 Å². The van der Waals surface area contributed by atoms with E-state index in [1.165, 1.54) is 0 Å². The molecule has 6 nitrogen and oxygen atoms in total. The molecule has 0 aromatic heterocycles. The number of β-amino-alcohol motifs (C(OH)–C–C–N with tert-alkyl or cyclic N) is 1. The van der Waals surface area contributed by atoms with Crippen molar-refractivity contribution in [3.63, 3.8) is 0 Å². The third-order valence-electron chi connectivity index (χ3n) is 5.96. The average molecular weight is 542 g/mol. The number of piperazine rings is 1. The number of aliphatic hydroxyl groups is 2. The van der Waals surface area contributed by atoms with Crippen LogP contribution in [0.5, 0.6) is 11.5 Å². The maximum atomic E-state index is 10.3. The molecule has 0 radical (unpaired) electrons. The molecule has 0 unspecified atom stereocenters. The summed E-state index contributed by atoms with van der Waals surface area (Å²) < 4.78 is 12.3. The van der Waals surface area contributed by atoms with Gasteiger partial charge in [0, 0.05) is 38.1 Å². The third kappa shape index (κ3) is 7.57. The normalized spacial score (nSPS) is 16.9. The zero-order chi connectivity index (χ0) is 23.8. The van der Waals surface area contributed by atoms with Crippen LogP contribution < -0.4 is 14.8 Å². The van der Waals surface area contributed by atoms with Crippen molar-refractivity contribution in [2.45, 2.75) is 31.5 Å². The first-order valence-corrected chi connectivity index (χ1v) is 12.6. The van der Waals surface area contributed by atoms with E-state index in [9.17, 15) is 10.2 Å². The van der Waals surface area contributed by atoms with E-state index in [2.05, 4.69) is 52.1 Å². The Bertz CT molecular complexity index is 875. The molecule has 182 valence electrons. The van der Waals surface area contributed by atoms with E-state index in [0.717, 1.165) is 47.5 Å². The summed E-state index contributed by atoms with van der Waals surface area (Å²) in [5.41, 5.74) is 2.03. The topological polar surface area (TPSA) is 74.2 Å². The van der Waals surface area contributed by atoms with Crippen molar-refractivity contribution in [3.05, 3.63) is 58.1 Å². The van der Waals surface area contributed by atoms with Crippen molar-refractivity contribution < 1.29 is 19.7 Å². The Labute approximate surface area is 210 Å². The number of nitrogens with one attached hydrogen (secondary N) is 1. The van der Waals surface area contributed by atoms with Crippen molar-refractivity contribution >= 4 is 27.5 Å². The zero-order valence-electron chi connectivity index (χ0n) is 19.3. The quantitative estimate of drug-likeness (QED) is 0.379. The van der Waals surface area contributed by atoms with Crippen LogP contribution in [0.3, 0.4) is 0 Å². The third-order valence-corrected chi connectivity index (χ3v) is 6.94. The van der Waals surface area contributed by atoms with Crippen LogP contribution >= 0.6 is 27.5 Å². The number of hydrogen-bond acceptors (Lipinski definition) is 6. The van der Waals surface area contributed by atoms with E-state index in [1.54, 1.807) is 0 Å². The Morgan fingerprint density at radius 3 is 2.27 bits per heavy atom. The molecule has 0 bridgehead atoms. The predicted octanol–water partition coefficient (Wildman–Crippen LogP) is 3.40. The second kappa shape index (κ2) is 12.4. The van der Waals surface area contributed by atoms with E-state index in [0.29, 0.717) is 12.3 Å². The molecule has 33 heavy (non-hydrogen) atoms. The highest BCUT2D eigenvalue weighted by Gasteiger charge is 2.24. The Kier molecular flexibility index (Phi) is 9.85. The lowest BCUT2D eigenvalue weighted by atomic mass is 9.78. The van der Waals surface area contributed by atoms with Gasteiger partial charge in [0.1, 0.15) is 36.9 Å². The Hall–Kier alpha value is -1.35.